The summed E-state index contributed by atoms with van der Waals surface area (Å²) in [6.07, 6.45) is 6.85. The summed E-state index contributed by atoms with van der Waals surface area (Å²) in [4.78, 5) is 18.5. The molecule has 2 heterocycles. The highest BCUT2D eigenvalue weighted by atomic mass is 32.2. The number of hydrogen-bond acceptors (Lipinski definition) is 4. The van der Waals surface area contributed by atoms with Gasteiger partial charge in [-0.2, -0.15) is 0 Å². The normalized spacial score (nSPS) is 14.6. The van der Waals surface area contributed by atoms with Gasteiger partial charge >= 0.3 is 0 Å². The predicted octanol–water partition coefficient (Wildman–Crippen LogP) is 4.18. The van der Waals surface area contributed by atoms with Crippen molar-refractivity contribution in [3.8, 4) is 0 Å². The zero-order valence-corrected chi connectivity index (χ0v) is 24.3. The van der Waals surface area contributed by atoms with Crippen LogP contribution in [0.3, 0.4) is 0 Å². The van der Waals surface area contributed by atoms with Crippen LogP contribution < -0.4 is 15.2 Å². The van der Waals surface area contributed by atoms with Gasteiger partial charge in [-0.15, -0.1) is 0 Å². The molecule has 0 unspecified atom stereocenters. The lowest BCUT2D eigenvalue weighted by atomic mass is 10.2. The van der Waals surface area contributed by atoms with Gasteiger partial charge < -0.3 is 19.6 Å². The molecule has 1 aromatic heterocycles. The van der Waals surface area contributed by atoms with Crippen LogP contribution in [-0.4, -0.2) is 75.2 Å². The van der Waals surface area contributed by atoms with E-state index < -0.39 is 0 Å². The second-order valence-electron chi connectivity index (χ2n) is 11.9. The van der Waals surface area contributed by atoms with E-state index in [9.17, 15) is 4.79 Å². The van der Waals surface area contributed by atoms with E-state index in [1.807, 2.05) is 18.2 Å². The van der Waals surface area contributed by atoms with Crippen LogP contribution in [0.1, 0.15) is 42.9 Å². The fraction of sp³-hybridized carbons (Fsp3) is 0.536. The quantitative estimate of drug-likeness (QED) is 0.269. The standard InChI is InChI=1S/C28H43N6OS/c1-21-18-23(29-26(32(21)2)12-9-10-16-33(3,4)5)20-28-31-24-15-14-22(19-25(24)36-28)30-27(35)13-11-17-34(6,7)8/h14-15,18-20H,9-13,16-17H2,1-8H3/q+1/p+2. The van der Waals surface area contributed by atoms with Crippen LogP contribution in [0.2, 0.25) is 0 Å². The van der Waals surface area contributed by atoms with Crippen LogP contribution in [0, 0.1) is 6.92 Å². The number of thioether (sulfide) groups is 1. The molecule has 1 aliphatic heterocycles. The third-order valence-electron chi connectivity index (χ3n) is 6.27. The second-order valence-corrected chi connectivity index (χ2v) is 13.0. The lowest BCUT2D eigenvalue weighted by Gasteiger charge is -2.23. The zero-order valence-electron chi connectivity index (χ0n) is 23.4. The van der Waals surface area contributed by atoms with Crippen LogP contribution in [0.15, 0.2) is 34.2 Å². The Morgan fingerprint density at radius 1 is 1.06 bits per heavy atom. The molecule has 0 saturated heterocycles. The minimum absolute atomic E-state index is 0.0703. The number of rotatable bonds is 11. The lowest BCUT2D eigenvalue weighted by molar-refractivity contribution is -0.870. The summed E-state index contributed by atoms with van der Waals surface area (Å²) >= 11 is 1.68. The highest BCUT2D eigenvalue weighted by molar-refractivity contribution is 8.03. The van der Waals surface area contributed by atoms with Crippen LogP contribution in [0.25, 0.3) is 6.08 Å². The molecule has 7 nitrogen and oxygen atoms in total. The summed E-state index contributed by atoms with van der Waals surface area (Å²) in [7, 11) is 15.3. The monoisotopic (exact) mass is 513 g/mol. The van der Waals surface area contributed by atoms with Crippen molar-refractivity contribution >= 4 is 35.1 Å². The highest BCUT2D eigenvalue weighted by Crippen LogP contribution is 2.42. The Balaban J connectivity index is 1.62. The summed E-state index contributed by atoms with van der Waals surface area (Å²) in [6.45, 7) is 4.29. The summed E-state index contributed by atoms with van der Waals surface area (Å²) in [5.74, 6) is 1.19. The number of carbonyl (C=O) groups is 1. The van der Waals surface area contributed by atoms with Crippen molar-refractivity contribution in [2.75, 3.05) is 66.0 Å². The Labute approximate surface area is 221 Å². The van der Waals surface area contributed by atoms with E-state index in [-0.39, 0.29) is 5.91 Å². The number of anilines is 2. The van der Waals surface area contributed by atoms with E-state index in [0.717, 1.165) is 67.6 Å². The number of benzene rings is 1. The number of fused-ring (bicyclic) bond motifs is 1. The molecule has 1 aromatic carbocycles. The number of aromatic nitrogens is 2. The molecule has 36 heavy (non-hydrogen) atoms. The van der Waals surface area contributed by atoms with Crippen molar-refractivity contribution in [3.63, 3.8) is 0 Å². The number of hydrogen-bond donors (Lipinski definition) is 2. The van der Waals surface area contributed by atoms with Crippen molar-refractivity contribution < 1.29 is 18.3 Å². The zero-order chi connectivity index (χ0) is 26.5. The summed E-state index contributed by atoms with van der Waals surface area (Å²) in [5, 5.41) is 7.60. The van der Waals surface area contributed by atoms with E-state index in [0.29, 0.717) is 6.42 Å². The third kappa shape index (κ3) is 8.91. The Kier molecular flexibility index (Phi) is 9.19. The number of nitrogens with one attached hydrogen (secondary N) is 2. The molecule has 0 saturated carbocycles. The molecule has 0 aliphatic carbocycles. The smallest absolute Gasteiger partial charge is 0.299 e. The number of nitrogens with zero attached hydrogens (tertiary/aromatic N) is 4. The first-order valence-electron chi connectivity index (χ1n) is 12.9. The van der Waals surface area contributed by atoms with E-state index in [1.54, 1.807) is 11.8 Å². The van der Waals surface area contributed by atoms with Crippen molar-refractivity contribution in [2.24, 2.45) is 7.05 Å². The average molecular weight is 514 g/mol. The SMILES string of the molecule is Cc1cc(/C=C2\Nc3ccc(NC(=O)CCC[N+](C)(C)C)cc3S2)nc(CCCC[N+](C)(C)C)[n+]1C. The number of amides is 1. The lowest BCUT2D eigenvalue weighted by Crippen LogP contribution is -2.39. The molecule has 3 rings (SSSR count). The molecule has 1 aliphatic rings. The van der Waals surface area contributed by atoms with Crippen molar-refractivity contribution in [1.82, 2.24) is 4.98 Å². The fourth-order valence-electron chi connectivity index (χ4n) is 4.14. The molecule has 2 N–H and O–H groups in total. The molecule has 1 amide bonds. The van der Waals surface area contributed by atoms with Crippen LogP contribution in [0.5, 0.6) is 0 Å². The maximum atomic E-state index is 12.4. The Bertz CT molecular complexity index is 1110. The Morgan fingerprint density at radius 3 is 2.44 bits per heavy atom. The first-order valence-corrected chi connectivity index (χ1v) is 13.7. The molecule has 8 heteroatoms. The van der Waals surface area contributed by atoms with E-state index in [4.69, 9.17) is 4.98 Å². The minimum Gasteiger partial charge on any atom is -0.349 e. The van der Waals surface area contributed by atoms with Crippen LogP contribution >= 0.6 is 11.8 Å². The summed E-state index contributed by atoms with van der Waals surface area (Å²) in [6, 6.07) is 8.18. The number of quaternary nitrogens is 2. The first-order chi connectivity index (χ1) is 16.8. The van der Waals surface area contributed by atoms with Gasteiger partial charge in [-0.3, -0.25) is 4.79 Å². The van der Waals surface area contributed by atoms with Gasteiger partial charge in [0.2, 0.25) is 5.91 Å². The molecule has 0 spiro atoms. The molecular weight excluding hydrogens is 468 g/mol. The number of carbonyl (C=O) groups excluding carboxylic acids is 1. The van der Waals surface area contributed by atoms with Crippen LogP contribution in [-0.2, 0) is 18.3 Å². The summed E-state index contributed by atoms with van der Waals surface area (Å²) < 4.78 is 4.07. The van der Waals surface area contributed by atoms with Gasteiger partial charge in [0, 0.05) is 35.6 Å². The van der Waals surface area contributed by atoms with Gasteiger partial charge in [0.25, 0.3) is 5.82 Å². The summed E-state index contributed by atoms with van der Waals surface area (Å²) in [5.41, 5.74) is 4.08. The highest BCUT2D eigenvalue weighted by Gasteiger charge is 2.20. The molecule has 0 atom stereocenters. The minimum atomic E-state index is 0.0703. The Hall–Kier alpha value is -2.42. The third-order valence-corrected chi connectivity index (χ3v) is 7.26. The van der Waals surface area contributed by atoms with Crippen molar-refractivity contribution in [3.05, 3.63) is 46.5 Å². The van der Waals surface area contributed by atoms with Crippen LogP contribution in [0.4, 0.5) is 11.4 Å². The van der Waals surface area contributed by atoms with Crippen molar-refractivity contribution in [1.29, 1.82) is 0 Å². The molecule has 0 radical (unpaired) electrons. The molecule has 2 aromatic rings. The topological polar surface area (TPSA) is 57.9 Å². The van der Waals surface area contributed by atoms with Gasteiger partial charge in [-0.1, -0.05) is 11.8 Å². The van der Waals surface area contributed by atoms with E-state index in [1.165, 1.54) is 18.7 Å². The maximum Gasteiger partial charge on any atom is 0.299 e. The molecular formula is C28H45N6OS+3. The largest absolute Gasteiger partial charge is 0.349 e. The number of aryl methyl sites for hydroxylation is 2. The van der Waals surface area contributed by atoms with E-state index >= 15 is 0 Å². The van der Waals surface area contributed by atoms with Crippen molar-refractivity contribution in [2.45, 2.75) is 43.9 Å². The number of unbranched alkanes of at least 4 members (excludes halogenated alkanes) is 1. The van der Waals surface area contributed by atoms with Gasteiger partial charge in [0.1, 0.15) is 5.69 Å². The van der Waals surface area contributed by atoms with E-state index in [2.05, 4.69) is 83.6 Å². The second kappa shape index (κ2) is 11.8. The average Bonchev–Trinajstić information content (AvgIpc) is 3.14. The molecule has 0 fully saturated rings. The van der Waals surface area contributed by atoms with Gasteiger partial charge in [0.05, 0.1) is 79.6 Å². The molecule has 0 bridgehead atoms. The van der Waals surface area contributed by atoms with Gasteiger partial charge in [0.15, 0.2) is 5.69 Å². The first kappa shape index (κ1) is 28.2. The fourth-order valence-corrected chi connectivity index (χ4v) is 5.13. The molecule has 196 valence electrons. The Morgan fingerprint density at radius 2 is 1.75 bits per heavy atom. The maximum absolute atomic E-state index is 12.4. The van der Waals surface area contributed by atoms with Gasteiger partial charge in [-0.05, 0) is 42.9 Å². The van der Waals surface area contributed by atoms with Gasteiger partial charge in [-0.25, -0.2) is 4.57 Å². The predicted molar refractivity (Wildman–Crippen MR) is 151 cm³/mol.